The van der Waals surface area contributed by atoms with E-state index >= 15 is 0 Å². The fourth-order valence-electron chi connectivity index (χ4n) is 3.29. The van der Waals surface area contributed by atoms with Crippen LogP contribution in [0.1, 0.15) is 36.5 Å². The highest BCUT2D eigenvalue weighted by atomic mass is 16.2. The van der Waals surface area contributed by atoms with Gasteiger partial charge >= 0.3 is 0 Å². The predicted octanol–water partition coefficient (Wildman–Crippen LogP) is 1.07. The second-order valence-corrected chi connectivity index (χ2v) is 6.53. The molecule has 2 aliphatic heterocycles. The van der Waals surface area contributed by atoms with E-state index < -0.39 is 0 Å². The molecule has 0 radical (unpaired) electrons. The molecule has 1 atom stereocenters. The predicted molar refractivity (Wildman–Crippen MR) is 93.4 cm³/mol. The molecule has 7 nitrogen and oxygen atoms in total. The van der Waals surface area contributed by atoms with Gasteiger partial charge in [-0.15, -0.1) is 0 Å². The van der Waals surface area contributed by atoms with Crippen LogP contribution >= 0.6 is 0 Å². The normalized spacial score (nSPS) is 21.2. The minimum Gasteiger partial charge on any atom is -0.359 e. The molecule has 2 amide bonds. The monoisotopic (exact) mass is 331 g/mol. The second-order valence-electron chi connectivity index (χ2n) is 6.53. The molecule has 7 heteroatoms. The maximum absolute atomic E-state index is 12.3. The summed E-state index contributed by atoms with van der Waals surface area (Å²) in [5.74, 6) is 0.443. The van der Waals surface area contributed by atoms with Gasteiger partial charge in [0.2, 0.25) is 5.91 Å². The third-order valence-corrected chi connectivity index (χ3v) is 4.90. The van der Waals surface area contributed by atoms with E-state index in [0.717, 1.165) is 13.1 Å². The smallest absolute Gasteiger partial charge is 0.252 e. The zero-order valence-corrected chi connectivity index (χ0v) is 14.3. The summed E-state index contributed by atoms with van der Waals surface area (Å²) >= 11 is 0. The van der Waals surface area contributed by atoms with Crippen molar-refractivity contribution in [1.82, 2.24) is 15.2 Å². The van der Waals surface area contributed by atoms with Crippen LogP contribution in [-0.4, -0.2) is 61.0 Å². The molecule has 3 heterocycles. The number of hydrogen-bond donors (Lipinski definition) is 2. The molecule has 1 saturated heterocycles. The van der Waals surface area contributed by atoms with Gasteiger partial charge in [-0.05, 0) is 32.4 Å². The largest absolute Gasteiger partial charge is 0.359 e. The average molecular weight is 331 g/mol. The summed E-state index contributed by atoms with van der Waals surface area (Å²) in [4.78, 5) is 32.3. The zero-order chi connectivity index (χ0) is 17.1. The Kier molecular flexibility index (Phi) is 4.99. The van der Waals surface area contributed by atoms with Crippen LogP contribution in [0.25, 0.3) is 0 Å². The van der Waals surface area contributed by atoms with E-state index in [2.05, 4.69) is 27.4 Å². The number of pyridine rings is 1. The fraction of sp³-hybridized carbons (Fsp3) is 0.588. The number of carbonyl (C=O) groups is 2. The molecule has 0 aliphatic carbocycles. The van der Waals surface area contributed by atoms with Crippen molar-refractivity contribution in [1.29, 1.82) is 0 Å². The van der Waals surface area contributed by atoms with Gasteiger partial charge in [-0.2, -0.15) is 0 Å². The van der Waals surface area contributed by atoms with E-state index in [4.69, 9.17) is 0 Å². The SMILES string of the molecule is CC1CCCCN1CCNC(=O)c1cnc2c(c1)N(C)C(=O)CN2. The maximum atomic E-state index is 12.3. The molecular formula is C17H25N5O2. The molecule has 0 saturated carbocycles. The summed E-state index contributed by atoms with van der Waals surface area (Å²) in [5.41, 5.74) is 1.12. The van der Waals surface area contributed by atoms with Gasteiger partial charge in [-0.25, -0.2) is 4.98 Å². The Balaban J connectivity index is 1.58. The van der Waals surface area contributed by atoms with Crippen LogP contribution in [0.2, 0.25) is 0 Å². The van der Waals surface area contributed by atoms with Gasteiger partial charge in [-0.3, -0.25) is 14.5 Å². The Morgan fingerprint density at radius 3 is 3.08 bits per heavy atom. The highest BCUT2D eigenvalue weighted by Gasteiger charge is 2.23. The Labute approximate surface area is 142 Å². The van der Waals surface area contributed by atoms with Gasteiger partial charge in [-0.1, -0.05) is 6.42 Å². The first-order chi connectivity index (χ1) is 11.6. The molecule has 3 rings (SSSR count). The minimum absolute atomic E-state index is 0.0408. The molecule has 130 valence electrons. The first-order valence-electron chi connectivity index (χ1n) is 8.59. The van der Waals surface area contributed by atoms with Crippen molar-refractivity contribution in [2.75, 3.05) is 43.4 Å². The third-order valence-electron chi connectivity index (χ3n) is 4.90. The number of nitrogens with zero attached hydrogens (tertiary/aromatic N) is 3. The molecule has 0 aromatic carbocycles. The Hall–Kier alpha value is -2.15. The average Bonchev–Trinajstić information content (AvgIpc) is 2.59. The lowest BCUT2D eigenvalue weighted by atomic mass is 10.0. The van der Waals surface area contributed by atoms with Crippen molar-refractivity contribution >= 4 is 23.3 Å². The lowest BCUT2D eigenvalue weighted by Gasteiger charge is -2.33. The van der Waals surface area contributed by atoms with Crippen LogP contribution in [0.4, 0.5) is 11.5 Å². The summed E-state index contributed by atoms with van der Waals surface area (Å²) < 4.78 is 0. The van der Waals surface area contributed by atoms with Crippen LogP contribution in [0.15, 0.2) is 12.3 Å². The quantitative estimate of drug-likeness (QED) is 0.863. The molecule has 1 aromatic heterocycles. The summed E-state index contributed by atoms with van der Waals surface area (Å²) in [6.45, 7) is 5.07. The number of likely N-dealkylation sites (N-methyl/N-ethyl adjacent to an activating group) is 1. The van der Waals surface area contributed by atoms with Crippen molar-refractivity contribution in [3.63, 3.8) is 0 Å². The van der Waals surface area contributed by atoms with Gasteiger partial charge in [0, 0.05) is 32.4 Å². The van der Waals surface area contributed by atoms with Gasteiger partial charge in [0.1, 0.15) is 5.82 Å². The molecule has 1 unspecified atom stereocenters. The number of carbonyl (C=O) groups excluding carboxylic acids is 2. The van der Waals surface area contributed by atoms with Crippen LogP contribution < -0.4 is 15.5 Å². The lowest BCUT2D eigenvalue weighted by molar-refractivity contribution is -0.116. The number of likely N-dealkylation sites (tertiary alicyclic amines) is 1. The Morgan fingerprint density at radius 1 is 1.46 bits per heavy atom. The molecule has 1 fully saturated rings. The van der Waals surface area contributed by atoms with Crippen LogP contribution in [0.5, 0.6) is 0 Å². The minimum atomic E-state index is -0.151. The number of hydrogen-bond acceptors (Lipinski definition) is 5. The van der Waals surface area contributed by atoms with Crippen LogP contribution in [0.3, 0.4) is 0 Å². The van der Waals surface area contributed by atoms with E-state index in [1.54, 1.807) is 19.3 Å². The summed E-state index contributed by atoms with van der Waals surface area (Å²) in [5, 5.41) is 5.91. The van der Waals surface area contributed by atoms with Gasteiger partial charge in [0.25, 0.3) is 5.91 Å². The molecule has 0 spiro atoms. The van der Waals surface area contributed by atoms with E-state index in [1.807, 2.05) is 0 Å². The molecule has 0 bridgehead atoms. The topological polar surface area (TPSA) is 77.6 Å². The van der Waals surface area contributed by atoms with E-state index in [0.29, 0.717) is 29.7 Å². The number of piperidine rings is 1. The standard InChI is InChI=1S/C17H25N5O2/c1-12-5-3-4-7-22(12)8-6-18-17(24)13-9-14-16(19-10-13)20-11-15(23)21(14)2/h9-10,12H,3-8,11H2,1-2H3,(H,18,24)(H,19,20). The Morgan fingerprint density at radius 2 is 2.29 bits per heavy atom. The van der Waals surface area contributed by atoms with Crippen molar-refractivity contribution in [2.45, 2.75) is 32.2 Å². The Bertz CT molecular complexity index is 633. The van der Waals surface area contributed by atoms with Gasteiger partial charge in [0.05, 0.1) is 17.8 Å². The number of fused-ring (bicyclic) bond motifs is 1. The van der Waals surface area contributed by atoms with Gasteiger partial charge < -0.3 is 15.5 Å². The summed E-state index contributed by atoms with van der Waals surface area (Å²) in [6, 6.07) is 2.30. The highest BCUT2D eigenvalue weighted by Crippen LogP contribution is 2.26. The third kappa shape index (κ3) is 3.51. The van der Waals surface area contributed by atoms with E-state index in [1.165, 1.54) is 24.2 Å². The number of amides is 2. The maximum Gasteiger partial charge on any atom is 0.252 e. The van der Waals surface area contributed by atoms with Crippen molar-refractivity contribution < 1.29 is 9.59 Å². The fourth-order valence-corrected chi connectivity index (χ4v) is 3.29. The van der Waals surface area contributed by atoms with Crippen LogP contribution in [-0.2, 0) is 4.79 Å². The number of anilines is 2. The van der Waals surface area contributed by atoms with Crippen LogP contribution in [0, 0.1) is 0 Å². The second kappa shape index (κ2) is 7.17. The van der Waals surface area contributed by atoms with E-state index in [9.17, 15) is 9.59 Å². The van der Waals surface area contributed by atoms with Crippen molar-refractivity contribution in [3.8, 4) is 0 Å². The molecule has 2 aliphatic rings. The van der Waals surface area contributed by atoms with Crippen molar-refractivity contribution in [2.24, 2.45) is 0 Å². The first-order valence-corrected chi connectivity index (χ1v) is 8.59. The number of rotatable bonds is 4. The molecular weight excluding hydrogens is 306 g/mol. The summed E-state index contributed by atoms with van der Waals surface area (Å²) in [7, 11) is 1.70. The molecule has 24 heavy (non-hydrogen) atoms. The van der Waals surface area contributed by atoms with Gasteiger partial charge in [0.15, 0.2) is 0 Å². The number of aromatic nitrogens is 1. The molecule has 2 N–H and O–H groups in total. The molecule has 1 aromatic rings. The van der Waals surface area contributed by atoms with Crippen molar-refractivity contribution in [3.05, 3.63) is 17.8 Å². The number of nitrogens with one attached hydrogen (secondary N) is 2. The zero-order valence-electron chi connectivity index (χ0n) is 14.3. The van der Waals surface area contributed by atoms with E-state index in [-0.39, 0.29) is 18.4 Å². The first kappa shape index (κ1) is 16.7. The summed E-state index contributed by atoms with van der Waals surface area (Å²) in [6.07, 6.45) is 5.32. The lowest BCUT2D eigenvalue weighted by Crippen LogP contribution is -2.42. The highest BCUT2D eigenvalue weighted by molar-refractivity contribution is 6.03.